The highest BCUT2D eigenvalue weighted by atomic mass is 19.1. The Morgan fingerprint density at radius 1 is 1.08 bits per heavy atom. The van der Waals surface area contributed by atoms with Crippen molar-refractivity contribution in [1.29, 1.82) is 0 Å². The summed E-state index contributed by atoms with van der Waals surface area (Å²) in [5.74, 6) is 3.15. The van der Waals surface area contributed by atoms with Crippen LogP contribution in [0.25, 0.3) is 0 Å². The molecule has 6 nitrogen and oxygen atoms in total. The van der Waals surface area contributed by atoms with E-state index in [1.54, 1.807) is 39.8 Å². The van der Waals surface area contributed by atoms with Gasteiger partial charge in [0.2, 0.25) is 0 Å². The lowest BCUT2D eigenvalue weighted by Crippen LogP contribution is -2.30. The number of methoxy groups -OCH3 is 1. The number of carbonyl (C=O) groups excluding carboxylic acids is 2. The normalized spacial score (nSPS) is 11.8. The molecule has 1 atom stereocenters. The van der Waals surface area contributed by atoms with E-state index in [1.165, 1.54) is 25.3 Å². The van der Waals surface area contributed by atoms with Gasteiger partial charge in [-0.25, -0.2) is 13.8 Å². The van der Waals surface area contributed by atoms with Crippen LogP contribution in [0, 0.1) is 42.7 Å². The van der Waals surface area contributed by atoms with Gasteiger partial charge in [-0.15, -0.1) is 0 Å². The number of benzene rings is 2. The van der Waals surface area contributed by atoms with Gasteiger partial charge in [0.25, 0.3) is 5.91 Å². The lowest BCUT2D eigenvalue weighted by atomic mass is 9.94. The number of hydrogen-bond acceptors (Lipinski definition) is 5. The summed E-state index contributed by atoms with van der Waals surface area (Å²) in [6, 6.07) is 9.69. The summed E-state index contributed by atoms with van der Waals surface area (Å²) in [7, 11) is 1.28. The Labute approximate surface area is 208 Å². The molecule has 1 amide bonds. The predicted octanol–water partition coefficient (Wildman–Crippen LogP) is 4.75. The average Bonchev–Trinajstić information content (AvgIpc) is 2.83. The first kappa shape index (κ1) is 26.4. The molecular weight excluding hydrogens is 466 g/mol. The molecule has 3 rings (SSSR count). The summed E-state index contributed by atoms with van der Waals surface area (Å²) in [4.78, 5) is 29.4. The molecule has 0 unspecified atom stereocenters. The molecule has 0 aliphatic rings. The highest BCUT2D eigenvalue weighted by Crippen LogP contribution is 2.31. The number of carbonyl (C=O) groups is 2. The molecule has 0 saturated heterocycles. The lowest BCUT2D eigenvalue weighted by molar-refractivity contribution is -0.147. The second-order valence-corrected chi connectivity index (χ2v) is 8.87. The van der Waals surface area contributed by atoms with Crippen molar-refractivity contribution in [2.24, 2.45) is 5.41 Å². The first-order chi connectivity index (χ1) is 16.9. The van der Waals surface area contributed by atoms with E-state index in [-0.39, 0.29) is 17.0 Å². The number of nitrogens with zero attached hydrogens (tertiary/aromatic N) is 1. The Morgan fingerprint density at radius 2 is 1.81 bits per heavy atom. The number of rotatable bonds is 5. The zero-order valence-electron chi connectivity index (χ0n) is 20.6. The molecule has 0 fully saturated rings. The average molecular weight is 493 g/mol. The smallest absolute Gasteiger partial charge is 0.323 e. The molecule has 0 spiro atoms. The number of hydrogen-bond donors (Lipinski definition) is 2. The van der Waals surface area contributed by atoms with Crippen molar-refractivity contribution in [3.05, 3.63) is 93.8 Å². The third-order valence-electron chi connectivity index (χ3n) is 5.51. The first-order valence-corrected chi connectivity index (χ1v) is 11.1. The van der Waals surface area contributed by atoms with E-state index in [9.17, 15) is 23.5 Å². The van der Waals surface area contributed by atoms with E-state index >= 15 is 0 Å². The standard InChI is InChI=1S/C28H26F2N2O4/c1-16-6-7-19(14-22(16)30)25(21-15-20(29)8-9-24(21)33)32-26(34)23-13-18(12-17(2)31-23)10-11-28(3,4)27(35)36-5/h6-9,12-15,25,33H,1-5H3,(H,32,34)/t25-/m0/s1. The molecule has 2 N–H and O–H groups in total. The summed E-state index contributed by atoms with van der Waals surface area (Å²) in [6.45, 7) is 6.50. The van der Waals surface area contributed by atoms with Gasteiger partial charge in [0.1, 0.15) is 28.5 Å². The second kappa shape index (κ2) is 10.6. The second-order valence-electron chi connectivity index (χ2n) is 8.87. The van der Waals surface area contributed by atoms with Crippen molar-refractivity contribution in [3.63, 3.8) is 0 Å². The van der Waals surface area contributed by atoms with Crippen molar-refractivity contribution in [3.8, 4) is 17.6 Å². The molecule has 1 heterocycles. The van der Waals surface area contributed by atoms with E-state index in [0.29, 0.717) is 22.4 Å². The summed E-state index contributed by atoms with van der Waals surface area (Å²) >= 11 is 0. The van der Waals surface area contributed by atoms with Gasteiger partial charge in [-0.2, -0.15) is 0 Å². The quantitative estimate of drug-likeness (QED) is 0.396. The van der Waals surface area contributed by atoms with Gasteiger partial charge in [-0.1, -0.05) is 24.0 Å². The van der Waals surface area contributed by atoms with Gasteiger partial charge < -0.3 is 15.2 Å². The van der Waals surface area contributed by atoms with Crippen LogP contribution in [-0.2, 0) is 9.53 Å². The maximum Gasteiger partial charge on any atom is 0.323 e. The Hall–Kier alpha value is -4.25. The van der Waals surface area contributed by atoms with E-state index in [0.717, 1.165) is 18.2 Å². The Morgan fingerprint density at radius 3 is 2.47 bits per heavy atom. The van der Waals surface area contributed by atoms with E-state index in [2.05, 4.69) is 22.1 Å². The van der Waals surface area contributed by atoms with E-state index in [1.807, 2.05) is 0 Å². The van der Waals surface area contributed by atoms with Gasteiger partial charge in [0.15, 0.2) is 0 Å². The predicted molar refractivity (Wildman–Crippen MR) is 130 cm³/mol. The zero-order chi connectivity index (χ0) is 26.6. The third-order valence-corrected chi connectivity index (χ3v) is 5.51. The van der Waals surface area contributed by atoms with Crippen LogP contribution in [-0.4, -0.2) is 29.1 Å². The van der Waals surface area contributed by atoms with Crippen LogP contribution in [0.1, 0.15) is 58.3 Å². The topological polar surface area (TPSA) is 88.5 Å². The third kappa shape index (κ3) is 6.05. The number of halogens is 2. The van der Waals surface area contributed by atoms with Crippen molar-refractivity contribution in [2.75, 3.05) is 7.11 Å². The summed E-state index contributed by atoms with van der Waals surface area (Å²) in [5.41, 5.74) is 0.628. The molecule has 0 saturated carbocycles. The fourth-order valence-corrected chi connectivity index (χ4v) is 3.48. The fraction of sp³-hybridized carbons (Fsp3) is 0.250. The van der Waals surface area contributed by atoms with Gasteiger partial charge in [-0.3, -0.25) is 9.59 Å². The maximum absolute atomic E-state index is 14.4. The van der Waals surface area contributed by atoms with Crippen molar-refractivity contribution >= 4 is 11.9 Å². The summed E-state index contributed by atoms with van der Waals surface area (Å²) in [6.07, 6.45) is 0. The Bertz CT molecular complexity index is 1390. The maximum atomic E-state index is 14.4. The van der Waals surface area contributed by atoms with Gasteiger partial charge in [0.05, 0.1) is 13.2 Å². The number of pyridine rings is 1. The minimum atomic E-state index is -1.07. The molecule has 3 aromatic rings. The van der Waals surface area contributed by atoms with E-state index < -0.39 is 35.0 Å². The fourth-order valence-electron chi connectivity index (χ4n) is 3.48. The van der Waals surface area contributed by atoms with E-state index in [4.69, 9.17) is 4.74 Å². The number of nitrogens with one attached hydrogen (secondary N) is 1. The van der Waals surface area contributed by atoms with Crippen LogP contribution in [0.3, 0.4) is 0 Å². The molecule has 1 aromatic heterocycles. The Kier molecular flexibility index (Phi) is 7.74. The zero-order valence-corrected chi connectivity index (χ0v) is 20.6. The van der Waals surface area contributed by atoms with Crippen LogP contribution in [0.15, 0.2) is 48.5 Å². The molecule has 0 aliphatic heterocycles. The minimum Gasteiger partial charge on any atom is -0.508 e. The minimum absolute atomic E-state index is 0.00338. The highest BCUT2D eigenvalue weighted by Gasteiger charge is 2.26. The molecule has 186 valence electrons. The lowest BCUT2D eigenvalue weighted by Gasteiger charge is -2.21. The van der Waals surface area contributed by atoms with Crippen LogP contribution in [0.4, 0.5) is 8.78 Å². The molecule has 36 heavy (non-hydrogen) atoms. The van der Waals surface area contributed by atoms with Crippen LogP contribution in [0.5, 0.6) is 5.75 Å². The number of phenolic OH excluding ortho intramolecular Hbond substituents is 1. The van der Waals surface area contributed by atoms with Crippen molar-refractivity contribution in [1.82, 2.24) is 10.3 Å². The molecule has 0 bridgehead atoms. The molecular formula is C28H26F2N2O4. The first-order valence-electron chi connectivity index (χ1n) is 11.1. The molecule has 0 radical (unpaired) electrons. The highest BCUT2D eigenvalue weighted by molar-refractivity contribution is 5.93. The summed E-state index contributed by atoms with van der Waals surface area (Å²) in [5, 5.41) is 13.1. The van der Waals surface area contributed by atoms with Crippen molar-refractivity contribution in [2.45, 2.75) is 33.7 Å². The number of esters is 1. The largest absolute Gasteiger partial charge is 0.508 e. The molecule has 2 aromatic carbocycles. The van der Waals surface area contributed by atoms with Crippen LogP contribution in [0.2, 0.25) is 0 Å². The number of phenols is 1. The molecule has 8 heteroatoms. The number of aromatic hydroxyl groups is 1. The number of ether oxygens (including phenoxy) is 1. The number of aryl methyl sites for hydroxylation is 2. The summed E-state index contributed by atoms with van der Waals surface area (Å²) < 4.78 is 33.2. The van der Waals surface area contributed by atoms with Gasteiger partial charge in [0, 0.05) is 16.8 Å². The number of aromatic nitrogens is 1. The number of amides is 1. The van der Waals surface area contributed by atoms with Crippen LogP contribution < -0.4 is 5.32 Å². The SMILES string of the molecule is COC(=O)C(C)(C)C#Cc1cc(C)nc(C(=O)N[C@@H](c2ccc(C)c(F)c2)c2cc(F)ccc2O)c1. The monoisotopic (exact) mass is 492 g/mol. The molecule has 0 aliphatic carbocycles. The van der Waals surface area contributed by atoms with Crippen LogP contribution >= 0.6 is 0 Å². The Balaban J connectivity index is 2.01. The van der Waals surface area contributed by atoms with Gasteiger partial charge >= 0.3 is 5.97 Å². The van der Waals surface area contributed by atoms with Crippen molar-refractivity contribution < 1.29 is 28.2 Å². The van der Waals surface area contributed by atoms with Gasteiger partial charge in [-0.05, 0) is 75.2 Å².